The number of nitrogens with one attached hydrogen (secondary N) is 1. The summed E-state index contributed by atoms with van der Waals surface area (Å²) in [5.74, 6) is -0.165. The predicted molar refractivity (Wildman–Crippen MR) is 82.8 cm³/mol. The lowest BCUT2D eigenvalue weighted by molar-refractivity contribution is -0.150. The Hall–Kier alpha value is -2.04. The Morgan fingerprint density at radius 1 is 1.23 bits per heavy atom. The van der Waals surface area contributed by atoms with E-state index in [9.17, 15) is 9.59 Å². The van der Waals surface area contributed by atoms with Gasteiger partial charge in [-0.15, -0.1) is 0 Å². The lowest BCUT2D eigenvalue weighted by Crippen LogP contribution is -2.35. The highest BCUT2D eigenvalue weighted by Crippen LogP contribution is 2.25. The SMILES string of the molecule is CC[C@H](C)NC(=O)COC(=O)COc1ccc2c(c1)CCC2. The normalized spacial score (nSPS) is 14.1. The van der Waals surface area contributed by atoms with Crippen molar-refractivity contribution in [3.63, 3.8) is 0 Å². The zero-order valence-corrected chi connectivity index (χ0v) is 13.2. The zero-order valence-electron chi connectivity index (χ0n) is 13.2. The molecule has 0 aromatic heterocycles. The maximum atomic E-state index is 11.6. The van der Waals surface area contributed by atoms with Crippen molar-refractivity contribution in [2.24, 2.45) is 0 Å². The molecule has 5 heteroatoms. The molecule has 1 aliphatic carbocycles. The summed E-state index contributed by atoms with van der Waals surface area (Å²) in [6.07, 6.45) is 4.18. The van der Waals surface area contributed by atoms with E-state index in [-0.39, 0.29) is 25.2 Å². The summed E-state index contributed by atoms with van der Waals surface area (Å²) in [7, 11) is 0. The number of hydrogen-bond acceptors (Lipinski definition) is 4. The molecule has 0 fully saturated rings. The Morgan fingerprint density at radius 3 is 2.77 bits per heavy atom. The van der Waals surface area contributed by atoms with E-state index in [4.69, 9.17) is 9.47 Å². The maximum absolute atomic E-state index is 11.6. The van der Waals surface area contributed by atoms with Crippen LogP contribution in [0.1, 0.15) is 37.8 Å². The average Bonchev–Trinajstić information content (AvgIpc) is 2.98. The number of ether oxygens (including phenoxy) is 2. The fourth-order valence-electron chi connectivity index (χ4n) is 2.39. The van der Waals surface area contributed by atoms with Crippen LogP contribution >= 0.6 is 0 Å². The summed E-state index contributed by atoms with van der Waals surface area (Å²) < 4.78 is 10.3. The number of hydrogen-bond donors (Lipinski definition) is 1. The molecule has 22 heavy (non-hydrogen) atoms. The Labute approximate surface area is 131 Å². The van der Waals surface area contributed by atoms with Crippen molar-refractivity contribution in [2.75, 3.05) is 13.2 Å². The first-order valence-electron chi connectivity index (χ1n) is 7.78. The number of carbonyl (C=O) groups is 2. The topological polar surface area (TPSA) is 64.6 Å². The van der Waals surface area contributed by atoms with Gasteiger partial charge in [0, 0.05) is 6.04 Å². The van der Waals surface area contributed by atoms with Gasteiger partial charge in [0.1, 0.15) is 5.75 Å². The minimum Gasteiger partial charge on any atom is -0.482 e. The predicted octanol–water partition coefficient (Wildman–Crippen LogP) is 2.01. The Balaban J connectivity index is 1.70. The van der Waals surface area contributed by atoms with Crippen molar-refractivity contribution in [2.45, 2.75) is 45.6 Å². The molecule has 2 rings (SSSR count). The van der Waals surface area contributed by atoms with Gasteiger partial charge in [-0.2, -0.15) is 0 Å². The third kappa shape index (κ3) is 4.76. The van der Waals surface area contributed by atoms with Crippen molar-refractivity contribution in [1.82, 2.24) is 5.32 Å². The third-order valence-electron chi connectivity index (χ3n) is 3.81. The van der Waals surface area contributed by atoms with E-state index in [0.29, 0.717) is 5.75 Å². The molecule has 0 heterocycles. The van der Waals surface area contributed by atoms with Gasteiger partial charge < -0.3 is 14.8 Å². The fourth-order valence-corrected chi connectivity index (χ4v) is 2.39. The van der Waals surface area contributed by atoms with Gasteiger partial charge in [0.2, 0.25) is 0 Å². The fraction of sp³-hybridized carbons (Fsp3) is 0.529. The molecular weight excluding hydrogens is 282 g/mol. The smallest absolute Gasteiger partial charge is 0.344 e. The summed E-state index contributed by atoms with van der Waals surface area (Å²) >= 11 is 0. The molecular formula is C17H23NO4. The van der Waals surface area contributed by atoms with E-state index in [1.807, 2.05) is 32.0 Å². The number of rotatable bonds is 7. The minimum absolute atomic E-state index is 0.0777. The number of esters is 1. The molecule has 0 aliphatic heterocycles. The van der Waals surface area contributed by atoms with Crippen LogP contribution in [0, 0.1) is 0 Å². The van der Waals surface area contributed by atoms with Crippen LogP contribution < -0.4 is 10.1 Å². The summed E-state index contributed by atoms with van der Waals surface area (Å²) in [5, 5.41) is 2.73. The van der Waals surface area contributed by atoms with E-state index >= 15 is 0 Å². The average molecular weight is 305 g/mol. The second-order valence-corrected chi connectivity index (χ2v) is 5.61. The quantitative estimate of drug-likeness (QED) is 0.783. The van der Waals surface area contributed by atoms with Crippen molar-refractivity contribution in [3.05, 3.63) is 29.3 Å². The molecule has 5 nitrogen and oxygen atoms in total. The number of carbonyl (C=O) groups excluding carboxylic acids is 2. The first-order chi connectivity index (χ1) is 10.6. The molecule has 1 aliphatic rings. The van der Waals surface area contributed by atoms with Crippen molar-refractivity contribution in [3.8, 4) is 5.75 Å². The maximum Gasteiger partial charge on any atom is 0.344 e. The molecule has 0 spiro atoms. The van der Waals surface area contributed by atoms with Gasteiger partial charge in [-0.1, -0.05) is 13.0 Å². The van der Waals surface area contributed by atoms with Gasteiger partial charge in [0.15, 0.2) is 13.2 Å². The third-order valence-corrected chi connectivity index (χ3v) is 3.81. The molecule has 0 radical (unpaired) electrons. The summed E-state index contributed by atoms with van der Waals surface area (Å²) in [6, 6.07) is 5.97. The van der Waals surface area contributed by atoms with Gasteiger partial charge in [-0.25, -0.2) is 4.79 Å². The van der Waals surface area contributed by atoms with Gasteiger partial charge in [-0.3, -0.25) is 4.79 Å². The first-order valence-corrected chi connectivity index (χ1v) is 7.78. The van der Waals surface area contributed by atoms with E-state index in [1.54, 1.807) is 0 Å². The monoisotopic (exact) mass is 305 g/mol. The van der Waals surface area contributed by atoms with E-state index in [1.165, 1.54) is 17.5 Å². The molecule has 1 aromatic carbocycles. The van der Waals surface area contributed by atoms with Crippen LogP contribution in [0.25, 0.3) is 0 Å². The van der Waals surface area contributed by atoms with Crippen LogP contribution in [0.5, 0.6) is 5.75 Å². The van der Waals surface area contributed by atoms with Crippen LogP contribution in [0.15, 0.2) is 18.2 Å². The van der Waals surface area contributed by atoms with Gasteiger partial charge >= 0.3 is 5.97 Å². The Bertz CT molecular complexity index is 541. The standard InChI is InChI=1S/C17H23NO4/c1-3-12(2)18-16(19)10-22-17(20)11-21-15-8-7-13-5-4-6-14(13)9-15/h7-9,12H,3-6,10-11H2,1-2H3,(H,18,19)/t12-/m0/s1. The summed E-state index contributed by atoms with van der Waals surface area (Å²) in [5.41, 5.74) is 2.65. The number of fused-ring (bicyclic) bond motifs is 1. The molecule has 1 atom stereocenters. The highest BCUT2D eigenvalue weighted by atomic mass is 16.6. The largest absolute Gasteiger partial charge is 0.482 e. The highest BCUT2D eigenvalue weighted by Gasteiger charge is 2.13. The molecule has 0 saturated heterocycles. The Morgan fingerprint density at radius 2 is 2.00 bits per heavy atom. The molecule has 0 saturated carbocycles. The van der Waals surface area contributed by atoms with Gasteiger partial charge in [-0.05, 0) is 55.9 Å². The number of benzene rings is 1. The highest BCUT2D eigenvalue weighted by molar-refractivity contribution is 5.81. The van der Waals surface area contributed by atoms with Crippen LogP contribution in [-0.2, 0) is 27.2 Å². The van der Waals surface area contributed by atoms with Crippen molar-refractivity contribution < 1.29 is 19.1 Å². The summed E-state index contributed by atoms with van der Waals surface area (Å²) in [4.78, 5) is 23.1. The second kappa shape index (κ2) is 7.82. The second-order valence-electron chi connectivity index (χ2n) is 5.61. The number of aryl methyl sites for hydroxylation is 2. The molecule has 1 aromatic rings. The lowest BCUT2D eigenvalue weighted by Gasteiger charge is -2.12. The minimum atomic E-state index is -0.542. The molecule has 1 N–H and O–H groups in total. The van der Waals surface area contributed by atoms with Crippen LogP contribution in [0.3, 0.4) is 0 Å². The molecule has 0 unspecified atom stereocenters. The lowest BCUT2D eigenvalue weighted by atomic mass is 10.1. The van der Waals surface area contributed by atoms with Crippen LogP contribution in [-0.4, -0.2) is 31.1 Å². The van der Waals surface area contributed by atoms with E-state index < -0.39 is 5.97 Å². The van der Waals surface area contributed by atoms with Gasteiger partial charge in [0.25, 0.3) is 5.91 Å². The summed E-state index contributed by atoms with van der Waals surface area (Å²) in [6.45, 7) is 3.42. The molecule has 120 valence electrons. The number of amides is 1. The molecule has 1 amide bonds. The zero-order chi connectivity index (χ0) is 15.9. The van der Waals surface area contributed by atoms with Crippen LogP contribution in [0.4, 0.5) is 0 Å². The van der Waals surface area contributed by atoms with E-state index in [2.05, 4.69) is 5.32 Å². The first kappa shape index (κ1) is 16.3. The van der Waals surface area contributed by atoms with E-state index in [0.717, 1.165) is 19.3 Å². The van der Waals surface area contributed by atoms with Crippen molar-refractivity contribution in [1.29, 1.82) is 0 Å². The Kier molecular flexibility index (Phi) is 5.81. The van der Waals surface area contributed by atoms with Gasteiger partial charge in [0.05, 0.1) is 0 Å². The van der Waals surface area contributed by atoms with Crippen molar-refractivity contribution >= 4 is 11.9 Å². The van der Waals surface area contributed by atoms with Crippen LogP contribution in [0.2, 0.25) is 0 Å². The molecule has 0 bridgehead atoms.